The van der Waals surface area contributed by atoms with Gasteiger partial charge in [-0.1, -0.05) is 0 Å². The smallest absolute Gasteiger partial charge is 0.236 e. The van der Waals surface area contributed by atoms with E-state index in [9.17, 15) is 4.79 Å². The molecule has 0 aromatic carbocycles. The van der Waals surface area contributed by atoms with Crippen molar-refractivity contribution in [2.45, 2.75) is 31.8 Å². The fourth-order valence-electron chi connectivity index (χ4n) is 1.36. The highest BCUT2D eigenvalue weighted by Gasteiger charge is 2.29. The van der Waals surface area contributed by atoms with Crippen LogP contribution >= 0.6 is 11.8 Å². The molecule has 0 radical (unpaired) electrons. The summed E-state index contributed by atoms with van der Waals surface area (Å²) >= 11 is 1.80. The van der Waals surface area contributed by atoms with Gasteiger partial charge >= 0.3 is 0 Å². The first-order valence-corrected chi connectivity index (χ1v) is 6.52. The van der Waals surface area contributed by atoms with E-state index in [-0.39, 0.29) is 5.91 Å². The molecule has 4 heteroatoms. The van der Waals surface area contributed by atoms with Gasteiger partial charge in [-0.25, -0.2) is 0 Å². The maximum atomic E-state index is 11.6. The van der Waals surface area contributed by atoms with Crippen molar-refractivity contribution in [1.29, 1.82) is 0 Å². The Morgan fingerprint density at radius 1 is 1.64 bits per heavy atom. The Morgan fingerprint density at radius 2 is 2.29 bits per heavy atom. The highest BCUT2D eigenvalue weighted by atomic mass is 32.2. The highest BCUT2D eigenvalue weighted by Crippen LogP contribution is 2.25. The van der Waals surface area contributed by atoms with Gasteiger partial charge in [0.1, 0.15) is 0 Å². The summed E-state index contributed by atoms with van der Waals surface area (Å²) in [7, 11) is 1.90. The number of nitrogens with zero attached hydrogens (tertiary/aromatic N) is 1. The second-order valence-corrected chi connectivity index (χ2v) is 4.88. The van der Waals surface area contributed by atoms with Gasteiger partial charge in [0.05, 0.1) is 6.54 Å². The number of thioether (sulfide) groups is 1. The Morgan fingerprint density at radius 3 is 2.79 bits per heavy atom. The number of carbonyl (C=O) groups is 1. The van der Waals surface area contributed by atoms with Gasteiger partial charge in [-0.2, -0.15) is 11.8 Å². The average Bonchev–Trinajstić information content (AvgIpc) is 2.96. The van der Waals surface area contributed by atoms with Crippen LogP contribution < -0.4 is 5.32 Å². The number of amides is 1. The van der Waals surface area contributed by atoms with Crippen molar-refractivity contribution < 1.29 is 4.79 Å². The highest BCUT2D eigenvalue weighted by molar-refractivity contribution is 7.98. The molecule has 1 fully saturated rings. The minimum absolute atomic E-state index is 0.223. The number of carbonyl (C=O) groups excluding carboxylic acids is 1. The first kappa shape index (κ1) is 11.9. The van der Waals surface area contributed by atoms with Gasteiger partial charge in [-0.15, -0.1) is 0 Å². The van der Waals surface area contributed by atoms with E-state index in [0.29, 0.717) is 18.6 Å². The second kappa shape index (κ2) is 5.61. The largest absolute Gasteiger partial charge is 0.342 e. The molecule has 1 N–H and O–H groups in total. The van der Waals surface area contributed by atoms with Crippen LogP contribution in [0.4, 0.5) is 0 Å². The lowest BCUT2D eigenvalue weighted by atomic mass is 10.4. The fourth-order valence-corrected chi connectivity index (χ4v) is 1.98. The second-order valence-electron chi connectivity index (χ2n) is 3.97. The Hall–Kier alpha value is -0.220. The van der Waals surface area contributed by atoms with E-state index in [4.69, 9.17) is 0 Å². The molecular formula is C10H20N2OS. The first-order chi connectivity index (χ1) is 6.65. The van der Waals surface area contributed by atoms with Crippen LogP contribution in [0.5, 0.6) is 0 Å². The minimum Gasteiger partial charge on any atom is -0.342 e. The number of nitrogens with one attached hydrogen (secondary N) is 1. The van der Waals surface area contributed by atoms with Crippen molar-refractivity contribution in [2.24, 2.45) is 0 Å². The molecule has 0 aromatic rings. The summed E-state index contributed by atoms with van der Waals surface area (Å²) < 4.78 is 0. The Bertz CT molecular complexity index is 195. The summed E-state index contributed by atoms with van der Waals surface area (Å²) in [4.78, 5) is 13.5. The summed E-state index contributed by atoms with van der Waals surface area (Å²) in [5.41, 5.74) is 0. The van der Waals surface area contributed by atoms with Crippen molar-refractivity contribution in [1.82, 2.24) is 10.2 Å². The van der Waals surface area contributed by atoms with Gasteiger partial charge in [0.25, 0.3) is 0 Å². The van der Waals surface area contributed by atoms with Crippen LogP contribution in [-0.4, -0.2) is 48.5 Å². The zero-order valence-corrected chi connectivity index (χ0v) is 10.1. The van der Waals surface area contributed by atoms with Crippen LogP contribution in [0.3, 0.4) is 0 Å². The van der Waals surface area contributed by atoms with Crippen molar-refractivity contribution in [3.63, 3.8) is 0 Å². The summed E-state index contributed by atoms with van der Waals surface area (Å²) in [6.45, 7) is 2.59. The Labute approximate surface area is 90.6 Å². The molecule has 0 bridgehead atoms. The van der Waals surface area contributed by atoms with Gasteiger partial charge in [-0.3, -0.25) is 4.79 Å². The normalized spacial score (nSPS) is 17.9. The van der Waals surface area contributed by atoms with Gasteiger partial charge in [0.2, 0.25) is 5.91 Å². The number of likely N-dealkylation sites (N-methyl/N-ethyl adjacent to an activating group) is 1. The molecule has 1 aliphatic rings. The summed E-state index contributed by atoms with van der Waals surface area (Å²) in [6, 6.07) is 0.946. The van der Waals surface area contributed by atoms with Crippen LogP contribution in [-0.2, 0) is 4.79 Å². The molecule has 0 saturated heterocycles. The van der Waals surface area contributed by atoms with E-state index < -0.39 is 0 Å². The molecular weight excluding hydrogens is 196 g/mol. The maximum Gasteiger partial charge on any atom is 0.236 e. The van der Waals surface area contributed by atoms with Crippen LogP contribution in [0, 0.1) is 0 Å². The zero-order chi connectivity index (χ0) is 10.6. The van der Waals surface area contributed by atoms with Crippen LogP contribution in [0.2, 0.25) is 0 Å². The van der Waals surface area contributed by atoms with Crippen LogP contribution in [0.1, 0.15) is 19.8 Å². The average molecular weight is 216 g/mol. The third kappa shape index (κ3) is 3.88. The predicted molar refractivity (Wildman–Crippen MR) is 61.6 cm³/mol. The molecule has 1 aliphatic carbocycles. The lowest BCUT2D eigenvalue weighted by Crippen LogP contribution is -2.40. The summed E-state index contributed by atoms with van der Waals surface area (Å²) in [5.74, 6) is 1.28. The molecule has 1 atom stereocenters. The molecule has 1 rings (SSSR count). The monoisotopic (exact) mass is 216 g/mol. The van der Waals surface area contributed by atoms with E-state index in [1.54, 1.807) is 11.8 Å². The fraction of sp³-hybridized carbons (Fsp3) is 0.900. The zero-order valence-electron chi connectivity index (χ0n) is 9.25. The molecule has 0 aromatic heterocycles. The molecule has 1 unspecified atom stereocenters. The molecule has 0 heterocycles. The van der Waals surface area contributed by atoms with Gasteiger partial charge in [0.15, 0.2) is 0 Å². The van der Waals surface area contributed by atoms with Crippen LogP contribution in [0.25, 0.3) is 0 Å². The topological polar surface area (TPSA) is 32.3 Å². The number of hydrogen-bond donors (Lipinski definition) is 1. The van der Waals surface area contributed by atoms with E-state index >= 15 is 0 Å². The third-order valence-corrected chi connectivity index (χ3v) is 3.34. The van der Waals surface area contributed by atoms with Gasteiger partial charge in [-0.05, 0) is 26.0 Å². The summed E-state index contributed by atoms with van der Waals surface area (Å²) in [6.07, 6.45) is 4.45. The van der Waals surface area contributed by atoms with Crippen LogP contribution in [0.15, 0.2) is 0 Å². The van der Waals surface area contributed by atoms with E-state index in [0.717, 1.165) is 5.75 Å². The van der Waals surface area contributed by atoms with Crippen molar-refractivity contribution in [2.75, 3.05) is 25.6 Å². The molecule has 3 nitrogen and oxygen atoms in total. The van der Waals surface area contributed by atoms with E-state index in [1.165, 1.54) is 12.8 Å². The van der Waals surface area contributed by atoms with E-state index in [1.807, 2.05) is 11.9 Å². The Balaban J connectivity index is 2.13. The SMILES string of the molecule is CSCC(C)NCC(=O)N(C)C1CC1. The van der Waals surface area contributed by atoms with Crippen molar-refractivity contribution in [3.05, 3.63) is 0 Å². The number of rotatable bonds is 6. The van der Waals surface area contributed by atoms with E-state index in [2.05, 4.69) is 18.5 Å². The molecule has 0 spiro atoms. The maximum absolute atomic E-state index is 11.6. The standard InChI is InChI=1S/C10H20N2OS/c1-8(7-14-3)11-6-10(13)12(2)9-4-5-9/h8-9,11H,4-7H2,1-3H3. The molecule has 0 aliphatic heterocycles. The Kier molecular flexibility index (Phi) is 4.75. The lowest BCUT2D eigenvalue weighted by Gasteiger charge is -2.18. The van der Waals surface area contributed by atoms with Gasteiger partial charge < -0.3 is 10.2 Å². The first-order valence-electron chi connectivity index (χ1n) is 5.13. The quantitative estimate of drug-likeness (QED) is 0.717. The molecule has 82 valence electrons. The predicted octanol–water partition coefficient (Wildman–Crippen LogP) is 0.948. The van der Waals surface area contributed by atoms with Crippen molar-refractivity contribution >= 4 is 17.7 Å². The number of hydrogen-bond acceptors (Lipinski definition) is 3. The van der Waals surface area contributed by atoms with Gasteiger partial charge in [0, 0.05) is 24.9 Å². The lowest BCUT2D eigenvalue weighted by molar-refractivity contribution is -0.129. The van der Waals surface area contributed by atoms with Crippen molar-refractivity contribution in [3.8, 4) is 0 Å². The third-order valence-electron chi connectivity index (χ3n) is 2.51. The molecule has 14 heavy (non-hydrogen) atoms. The minimum atomic E-state index is 0.223. The summed E-state index contributed by atoms with van der Waals surface area (Å²) in [5, 5.41) is 3.23. The molecule has 1 saturated carbocycles. The molecule has 1 amide bonds.